The van der Waals surface area contributed by atoms with Crippen LogP contribution in [0, 0.1) is 35.0 Å². The van der Waals surface area contributed by atoms with E-state index in [1.807, 2.05) is 13.8 Å². The molecule has 0 aromatic heterocycles. The van der Waals surface area contributed by atoms with Crippen LogP contribution in [0.5, 0.6) is 0 Å². The molecule has 2 aliphatic carbocycles. The molecule has 2 rings (SSSR count). The summed E-state index contributed by atoms with van der Waals surface area (Å²) in [6, 6.07) is 0. The summed E-state index contributed by atoms with van der Waals surface area (Å²) >= 11 is 0. The predicted molar refractivity (Wildman–Crippen MR) is 106 cm³/mol. The van der Waals surface area contributed by atoms with E-state index in [1.165, 1.54) is 44.9 Å². The van der Waals surface area contributed by atoms with Crippen molar-refractivity contribution in [3.05, 3.63) is 11.6 Å². The maximum atomic E-state index is 2.63. The standard InChI is InChI=1S/C21H38.C2H6/c1-7-18-9-8-14-21(6)19(12-13-20(18)21)17(5)11-10-16(4)15(2)3;1-2/h7,15-17,19-20H,8-14H2,1-6H3;1-2H3/b18-7+;/t16-,17+,19?,20?,21?;/m0./s1. The van der Waals surface area contributed by atoms with E-state index in [0.29, 0.717) is 5.41 Å². The van der Waals surface area contributed by atoms with Crippen molar-refractivity contribution in [1.29, 1.82) is 0 Å². The van der Waals surface area contributed by atoms with Crippen molar-refractivity contribution >= 4 is 0 Å². The van der Waals surface area contributed by atoms with Crippen LogP contribution in [-0.2, 0) is 0 Å². The fraction of sp³-hybridized carbons (Fsp3) is 0.913. The van der Waals surface area contributed by atoms with Crippen molar-refractivity contribution < 1.29 is 0 Å². The molecule has 2 aliphatic rings. The summed E-state index contributed by atoms with van der Waals surface area (Å²) in [4.78, 5) is 0. The van der Waals surface area contributed by atoms with Gasteiger partial charge in [-0.3, -0.25) is 0 Å². The average Bonchev–Trinajstić information content (AvgIpc) is 2.90. The highest BCUT2D eigenvalue weighted by Gasteiger charge is 2.50. The van der Waals surface area contributed by atoms with Crippen molar-refractivity contribution in [3.8, 4) is 0 Å². The second-order valence-electron chi connectivity index (χ2n) is 8.74. The Bertz CT molecular complexity index is 364. The second kappa shape index (κ2) is 9.28. The lowest BCUT2D eigenvalue weighted by molar-refractivity contribution is 0.0906. The highest BCUT2D eigenvalue weighted by Crippen LogP contribution is 2.59. The van der Waals surface area contributed by atoms with Gasteiger partial charge in [0.05, 0.1) is 0 Å². The minimum absolute atomic E-state index is 0.612. The molecule has 0 heteroatoms. The molecule has 0 N–H and O–H groups in total. The Balaban J connectivity index is 0.00000127. The minimum atomic E-state index is 0.612. The highest BCUT2D eigenvalue weighted by molar-refractivity contribution is 5.17. The first-order chi connectivity index (χ1) is 10.9. The molecule has 0 aliphatic heterocycles. The molecular weight excluding hydrogens is 276 g/mol. The Morgan fingerprint density at radius 1 is 1.09 bits per heavy atom. The van der Waals surface area contributed by atoms with E-state index < -0.39 is 0 Å². The Hall–Kier alpha value is -0.260. The topological polar surface area (TPSA) is 0 Å². The van der Waals surface area contributed by atoms with Gasteiger partial charge in [0.1, 0.15) is 0 Å². The monoisotopic (exact) mass is 320 g/mol. The van der Waals surface area contributed by atoms with Gasteiger partial charge in [-0.25, -0.2) is 0 Å². The van der Waals surface area contributed by atoms with Crippen LogP contribution in [0.25, 0.3) is 0 Å². The molecule has 0 nitrogen and oxygen atoms in total. The molecule has 0 aromatic rings. The lowest BCUT2D eigenvalue weighted by Gasteiger charge is -2.44. The van der Waals surface area contributed by atoms with Crippen molar-refractivity contribution in [1.82, 2.24) is 0 Å². The van der Waals surface area contributed by atoms with Gasteiger partial charge in [0, 0.05) is 0 Å². The summed E-state index contributed by atoms with van der Waals surface area (Å²) in [5.41, 5.74) is 2.40. The normalized spacial score (nSPS) is 34.7. The van der Waals surface area contributed by atoms with E-state index in [1.54, 1.807) is 5.57 Å². The maximum Gasteiger partial charge on any atom is -0.0146 e. The quantitative estimate of drug-likeness (QED) is 0.452. The molecule has 0 amide bonds. The van der Waals surface area contributed by atoms with Crippen LogP contribution in [0.4, 0.5) is 0 Å². The first-order valence-electron chi connectivity index (χ1n) is 10.5. The molecule has 0 bridgehead atoms. The molecule has 23 heavy (non-hydrogen) atoms. The summed E-state index contributed by atoms with van der Waals surface area (Å²) in [6.45, 7) is 18.6. The molecule has 0 spiro atoms. The van der Waals surface area contributed by atoms with Gasteiger partial charge in [0.2, 0.25) is 0 Å². The Morgan fingerprint density at radius 2 is 1.74 bits per heavy atom. The van der Waals surface area contributed by atoms with Crippen molar-refractivity contribution in [3.63, 3.8) is 0 Å². The smallest absolute Gasteiger partial charge is 0.0146 e. The molecular formula is C23H44. The van der Waals surface area contributed by atoms with E-state index in [-0.39, 0.29) is 0 Å². The first-order valence-corrected chi connectivity index (χ1v) is 10.5. The van der Waals surface area contributed by atoms with Gasteiger partial charge in [-0.2, -0.15) is 0 Å². The van der Waals surface area contributed by atoms with Crippen LogP contribution in [0.1, 0.15) is 100 Å². The molecule has 0 aromatic carbocycles. The first kappa shape index (κ1) is 20.8. The van der Waals surface area contributed by atoms with Crippen LogP contribution in [0.15, 0.2) is 11.6 Å². The van der Waals surface area contributed by atoms with Gasteiger partial charge in [-0.1, -0.05) is 73.0 Å². The third kappa shape index (κ3) is 4.64. The number of rotatable bonds is 5. The lowest BCUT2D eigenvalue weighted by atomic mass is 9.60. The molecule has 0 radical (unpaired) electrons. The number of allylic oxidation sites excluding steroid dienone is 2. The Kier molecular flexibility index (Phi) is 8.39. The van der Waals surface area contributed by atoms with Crippen molar-refractivity contribution in [2.45, 2.75) is 100 Å². The van der Waals surface area contributed by atoms with Crippen molar-refractivity contribution in [2.24, 2.45) is 35.0 Å². The van der Waals surface area contributed by atoms with Gasteiger partial charge in [0.15, 0.2) is 0 Å². The van der Waals surface area contributed by atoms with E-state index >= 15 is 0 Å². The zero-order chi connectivity index (χ0) is 17.6. The lowest BCUT2D eigenvalue weighted by Crippen LogP contribution is -2.36. The zero-order valence-electron chi connectivity index (χ0n) is 17.4. The SMILES string of the molecule is C/C=C1\CCCC2(C)C1CCC2[C@H](C)CC[C@H](C)C(C)C.CC. The summed E-state index contributed by atoms with van der Waals surface area (Å²) in [7, 11) is 0. The van der Waals surface area contributed by atoms with Crippen molar-refractivity contribution in [2.75, 3.05) is 0 Å². The minimum Gasteiger partial charge on any atom is -0.0882 e. The molecule has 2 fully saturated rings. The zero-order valence-corrected chi connectivity index (χ0v) is 17.4. The largest absolute Gasteiger partial charge is 0.0882 e. The fourth-order valence-electron chi connectivity index (χ4n) is 5.42. The Labute approximate surface area is 147 Å². The fourth-order valence-corrected chi connectivity index (χ4v) is 5.42. The summed E-state index contributed by atoms with van der Waals surface area (Å²) in [5, 5.41) is 0. The van der Waals surface area contributed by atoms with E-state index in [0.717, 1.165) is 29.6 Å². The number of hydrogen-bond donors (Lipinski definition) is 0. The van der Waals surface area contributed by atoms with Gasteiger partial charge in [0.25, 0.3) is 0 Å². The molecule has 5 atom stereocenters. The van der Waals surface area contributed by atoms with E-state index in [9.17, 15) is 0 Å². The summed E-state index contributed by atoms with van der Waals surface area (Å²) in [6.07, 6.45) is 12.5. The molecule has 3 unspecified atom stereocenters. The Morgan fingerprint density at radius 3 is 2.30 bits per heavy atom. The summed E-state index contributed by atoms with van der Waals surface area (Å²) < 4.78 is 0. The van der Waals surface area contributed by atoms with E-state index in [4.69, 9.17) is 0 Å². The van der Waals surface area contributed by atoms with Gasteiger partial charge >= 0.3 is 0 Å². The molecule has 2 saturated carbocycles. The van der Waals surface area contributed by atoms with Crippen LogP contribution in [-0.4, -0.2) is 0 Å². The third-order valence-electron chi connectivity index (χ3n) is 7.31. The molecule has 0 heterocycles. The van der Waals surface area contributed by atoms with E-state index in [2.05, 4.69) is 47.6 Å². The van der Waals surface area contributed by atoms with Gasteiger partial charge in [-0.05, 0) is 74.0 Å². The van der Waals surface area contributed by atoms with Gasteiger partial charge < -0.3 is 0 Å². The molecule has 0 saturated heterocycles. The number of fused-ring (bicyclic) bond motifs is 1. The third-order valence-corrected chi connectivity index (χ3v) is 7.31. The van der Waals surface area contributed by atoms with Crippen LogP contribution >= 0.6 is 0 Å². The maximum absolute atomic E-state index is 2.63. The van der Waals surface area contributed by atoms with Crippen LogP contribution in [0.3, 0.4) is 0 Å². The van der Waals surface area contributed by atoms with Crippen LogP contribution in [0.2, 0.25) is 0 Å². The predicted octanol–water partition coefficient (Wildman–Crippen LogP) is 7.88. The van der Waals surface area contributed by atoms with Gasteiger partial charge in [-0.15, -0.1) is 0 Å². The second-order valence-corrected chi connectivity index (χ2v) is 8.74. The van der Waals surface area contributed by atoms with Crippen LogP contribution < -0.4 is 0 Å². The highest BCUT2D eigenvalue weighted by atomic mass is 14.5. The average molecular weight is 321 g/mol. The number of hydrogen-bond acceptors (Lipinski definition) is 0. The molecule has 136 valence electrons. The summed E-state index contributed by atoms with van der Waals surface area (Å²) in [5.74, 6) is 4.52.